The molecule has 0 spiro atoms. The van der Waals surface area contributed by atoms with Gasteiger partial charge >= 0.3 is 0 Å². The molecule has 2 heterocycles. The van der Waals surface area contributed by atoms with Crippen LogP contribution in [0.2, 0.25) is 0 Å². The van der Waals surface area contributed by atoms with Crippen LogP contribution in [0.4, 0.5) is 0 Å². The van der Waals surface area contributed by atoms with E-state index in [-0.39, 0.29) is 12.5 Å². The molecule has 3 aromatic rings. The van der Waals surface area contributed by atoms with E-state index in [1.54, 1.807) is 44.7 Å². The van der Waals surface area contributed by atoms with E-state index in [4.69, 9.17) is 28.2 Å². The summed E-state index contributed by atoms with van der Waals surface area (Å²) in [6.07, 6.45) is 1.57. The molecule has 140 valence electrons. The molecule has 2 aromatic carbocycles. The van der Waals surface area contributed by atoms with Crippen molar-refractivity contribution in [2.75, 3.05) is 28.1 Å². The number of fused-ring (bicyclic) bond motifs is 1. The van der Waals surface area contributed by atoms with Crippen molar-refractivity contribution >= 4 is 0 Å². The molecule has 8 heteroatoms. The quantitative estimate of drug-likeness (QED) is 0.729. The normalized spacial score (nSPS) is 12.1. The number of hydrogen-bond acceptors (Lipinski definition) is 8. The van der Waals surface area contributed by atoms with Gasteiger partial charge in [0, 0.05) is 11.1 Å². The number of phenols is 1. The van der Waals surface area contributed by atoms with Crippen LogP contribution in [0, 0.1) is 0 Å². The number of methoxy groups -OCH3 is 3. The molecule has 27 heavy (non-hydrogen) atoms. The van der Waals surface area contributed by atoms with Gasteiger partial charge in [0.2, 0.25) is 18.3 Å². The molecule has 4 rings (SSSR count). The molecule has 0 amide bonds. The second kappa shape index (κ2) is 6.64. The van der Waals surface area contributed by atoms with Gasteiger partial charge in [-0.1, -0.05) is 5.16 Å². The SMILES string of the molecule is COc1ccc(-c2oncc2-c2cc(OC)c3c(c2OC)OCO3)cc1O. The third-order valence-corrected chi connectivity index (χ3v) is 4.29. The summed E-state index contributed by atoms with van der Waals surface area (Å²) in [6.45, 7) is 0.0777. The maximum absolute atomic E-state index is 10.1. The monoisotopic (exact) mass is 371 g/mol. The Morgan fingerprint density at radius 2 is 1.70 bits per heavy atom. The largest absolute Gasteiger partial charge is 0.504 e. The second-order valence-corrected chi connectivity index (χ2v) is 5.68. The minimum Gasteiger partial charge on any atom is -0.504 e. The average Bonchev–Trinajstić information content (AvgIpc) is 3.36. The van der Waals surface area contributed by atoms with Gasteiger partial charge in [-0.3, -0.25) is 0 Å². The molecule has 0 saturated heterocycles. The van der Waals surface area contributed by atoms with E-state index in [2.05, 4.69) is 5.16 Å². The van der Waals surface area contributed by atoms with Crippen molar-refractivity contribution in [2.24, 2.45) is 0 Å². The standard InChI is InChI=1S/C19H17NO7/c1-22-14-5-4-10(6-13(14)21)16-12(8-20-27-16)11-7-15(23-2)18-19(17(11)24-3)26-9-25-18/h4-8,21H,9H2,1-3H3. The first-order chi connectivity index (χ1) is 13.2. The average molecular weight is 371 g/mol. The van der Waals surface area contributed by atoms with E-state index >= 15 is 0 Å². The maximum Gasteiger partial charge on any atom is 0.231 e. The van der Waals surface area contributed by atoms with E-state index in [9.17, 15) is 5.11 Å². The Hall–Kier alpha value is -3.55. The van der Waals surface area contributed by atoms with E-state index in [1.807, 2.05) is 0 Å². The molecule has 0 atom stereocenters. The number of aromatic hydroxyl groups is 1. The van der Waals surface area contributed by atoms with Crippen molar-refractivity contribution in [3.63, 3.8) is 0 Å². The Labute approximate surface area is 154 Å². The molecule has 0 aliphatic carbocycles. The van der Waals surface area contributed by atoms with Gasteiger partial charge in [-0.25, -0.2) is 0 Å². The van der Waals surface area contributed by atoms with Crippen LogP contribution >= 0.6 is 0 Å². The minimum atomic E-state index is -0.00687. The fourth-order valence-electron chi connectivity index (χ4n) is 3.04. The zero-order valence-corrected chi connectivity index (χ0v) is 14.9. The number of hydrogen-bond donors (Lipinski definition) is 1. The molecule has 8 nitrogen and oxygen atoms in total. The van der Waals surface area contributed by atoms with Gasteiger partial charge < -0.3 is 33.3 Å². The van der Waals surface area contributed by atoms with Crippen molar-refractivity contribution in [3.05, 3.63) is 30.5 Å². The Morgan fingerprint density at radius 1 is 0.926 bits per heavy atom. The lowest BCUT2D eigenvalue weighted by atomic mass is 10.00. The third kappa shape index (κ3) is 2.66. The van der Waals surface area contributed by atoms with Gasteiger partial charge in [0.05, 0.1) is 33.1 Å². The molecule has 0 unspecified atom stereocenters. The van der Waals surface area contributed by atoms with Gasteiger partial charge in [0.25, 0.3) is 0 Å². The van der Waals surface area contributed by atoms with Crippen LogP contribution in [0.25, 0.3) is 22.5 Å². The van der Waals surface area contributed by atoms with E-state index in [1.165, 1.54) is 7.11 Å². The lowest BCUT2D eigenvalue weighted by Crippen LogP contribution is -1.94. The Balaban J connectivity index is 1.89. The highest BCUT2D eigenvalue weighted by molar-refractivity contribution is 5.87. The van der Waals surface area contributed by atoms with Crippen LogP contribution in [0.5, 0.6) is 34.5 Å². The van der Waals surface area contributed by atoms with Crippen LogP contribution < -0.4 is 23.7 Å². The fraction of sp³-hybridized carbons (Fsp3) is 0.211. The van der Waals surface area contributed by atoms with Crippen LogP contribution in [-0.4, -0.2) is 38.4 Å². The van der Waals surface area contributed by atoms with Gasteiger partial charge in [-0.2, -0.15) is 0 Å². The lowest BCUT2D eigenvalue weighted by molar-refractivity contribution is 0.168. The first-order valence-electron chi connectivity index (χ1n) is 8.05. The molecular weight excluding hydrogens is 354 g/mol. The topological polar surface area (TPSA) is 92.4 Å². The zero-order valence-electron chi connectivity index (χ0n) is 14.9. The van der Waals surface area contributed by atoms with Gasteiger partial charge in [0.15, 0.2) is 28.8 Å². The van der Waals surface area contributed by atoms with Gasteiger partial charge in [0.1, 0.15) is 0 Å². The third-order valence-electron chi connectivity index (χ3n) is 4.29. The summed E-state index contributed by atoms with van der Waals surface area (Å²) >= 11 is 0. The summed E-state index contributed by atoms with van der Waals surface area (Å²) < 4.78 is 32.6. The Bertz CT molecular complexity index is 996. The van der Waals surface area contributed by atoms with Crippen LogP contribution in [0.15, 0.2) is 35.0 Å². The van der Waals surface area contributed by atoms with Crippen molar-refractivity contribution in [1.82, 2.24) is 5.16 Å². The smallest absolute Gasteiger partial charge is 0.231 e. The fourth-order valence-corrected chi connectivity index (χ4v) is 3.04. The number of benzene rings is 2. The molecule has 0 bridgehead atoms. The maximum atomic E-state index is 10.1. The highest BCUT2D eigenvalue weighted by Crippen LogP contribution is 2.53. The second-order valence-electron chi connectivity index (χ2n) is 5.68. The highest BCUT2D eigenvalue weighted by Gasteiger charge is 2.29. The predicted octanol–water partition coefficient (Wildman–Crippen LogP) is 3.47. The molecule has 0 fully saturated rings. The molecule has 1 aliphatic rings. The van der Waals surface area contributed by atoms with E-state index in [0.717, 1.165) is 0 Å². The highest BCUT2D eigenvalue weighted by atomic mass is 16.7. The summed E-state index contributed by atoms with van der Waals surface area (Å²) in [5.74, 6) is 2.73. The first kappa shape index (κ1) is 16.9. The molecule has 1 aromatic heterocycles. The van der Waals surface area contributed by atoms with Crippen LogP contribution in [0.1, 0.15) is 0 Å². The summed E-state index contributed by atoms with van der Waals surface area (Å²) in [5, 5.41) is 14.0. The van der Waals surface area contributed by atoms with Crippen LogP contribution in [-0.2, 0) is 0 Å². The number of nitrogens with zero attached hydrogens (tertiary/aromatic N) is 1. The van der Waals surface area contributed by atoms with Gasteiger partial charge in [-0.15, -0.1) is 0 Å². The summed E-state index contributed by atoms with van der Waals surface area (Å²) in [4.78, 5) is 0. The van der Waals surface area contributed by atoms with E-state index in [0.29, 0.717) is 51.2 Å². The molecular formula is C19H17NO7. The number of rotatable bonds is 5. The Morgan fingerprint density at radius 3 is 2.41 bits per heavy atom. The number of phenolic OH excluding ortho intramolecular Hbond substituents is 1. The predicted molar refractivity (Wildman–Crippen MR) is 94.8 cm³/mol. The van der Waals surface area contributed by atoms with Gasteiger partial charge in [-0.05, 0) is 24.3 Å². The summed E-state index contributed by atoms with van der Waals surface area (Å²) in [5.41, 5.74) is 1.93. The molecule has 0 radical (unpaired) electrons. The molecule has 0 saturated carbocycles. The van der Waals surface area contributed by atoms with Crippen LogP contribution in [0.3, 0.4) is 0 Å². The number of ether oxygens (including phenoxy) is 5. The lowest BCUT2D eigenvalue weighted by Gasteiger charge is -2.13. The molecule has 1 N–H and O–H groups in total. The minimum absolute atomic E-state index is 0.00687. The zero-order chi connectivity index (χ0) is 19.0. The van der Waals surface area contributed by atoms with Crippen molar-refractivity contribution in [2.45, 2.75) is 0 Å². The summed E-state index contributed by atoms with van der Waals surface area (Å²) in [6, 6.07) is 6.72. The van der Waals surface area contributed by atoms with Crippen molar-refractivity contribution < 1.29 is 33.3 Å². The summed E-state index contributed by atoms with van der Waals surface area (Å²) in [7, 11) is 4.57. The van der Waals surface area contributed by atoms with Crippen molar-refractivity contribution in [1.29, 1.82) is 0 Å². The van der Waals surface area contributed by atoms with E-state index < -0.39 is 0 Å². The molecule has 1 aliphatic heterocycles. The van der Waals surface area contributed by atoms with Crippen molar-refractivity contribution in [3.8, 4) is 56.9 Å². The Kier molecular flexibility index (Phi) is 4.15. The first-order valence-corrected chi connectivity index (χ1v) is 8.05. The number of aromatic nitrogens is 1.